The predicted octanol–water partition coefficient (Wildman–Crippen LogP) is 0.669. The Morgan fingerprint density at radius 3 is 2.44 bits per heavy atom. The van der Waals surface area contributed by atoms with E-state index in [-0.39, 0.29) is 0 Å². The van der Waals surface area contributed by atoms with Gasteiger partial charge in [-0.1, -0.05) is 0 Å². The molecule has 0 aliphatic carbocycles. The number of rotatable bonds is 0. The summed E-state index contributed by atoms with van der Waals surface area (Å²) in [5.74, 6) is -3.31. The Morgan fingerprint density at radius 2 is 2.00 bits per heavy atom. The SMILES string of the molecule is [NH]c1ncnc(F)c1F. The molecular weight excluding hydrogens is 128 g/mol. The van der Waals surface area contributed by atoms with E-state index in [0.717, 1.165) is 6.33 Å². The van der Waals surface area contributed by atoms with Crippen LogP contribution in [0.15, 0.2) is 6.33 Å². The molecule has 1 N–H and O–H groups in total. The molecule has 9 heavy (non-hydrogen) atoms. The Morgan fingerprint density at radius 1 is 1.33 bits per heavy atom. The van der Waals surface area contributed by atoms with Crippen molar-refractivity contribution in [1.29, 1.82) is 0 Å². The molecule has 3 nitrogen and oxygen atoms in total. The van der Waals surface area contributed by atoms with E-state index in [9.17, 15) is 8.78 Å². The number of hydrogen-bond donors (Lipinski definition) is 0. The van der Waals surface area contributed by atoms with E-state index in [0.29, 0.717) is 0 Å². The Hall–Kier alpha value is -1.26. The van der Waals surface area contributed by atoms with Crippen molar-refractivity contribution >= 4 is 5.82 Å². The third kappa shape index (κ3) is 0.933. The highest BCUT2D eigenvalue weighted by Gasteiger charge is 2.05. The highest BCUT2D eigenvalue weighted by atomic mass is 19.2. The largest absolute Gasteiger partial charge is 0.280 e. The molecule has 0 aliphatic heterocycles. The highest BCUT2D eigenvalue weighted by Crippen LogP contribution is 2.07. The van der Waals surface area contributed by atoms with Gasteiger partial charge in [0.1, 0.15) is 6.33 Å². The summed E-state index contributed by atoms with van der Waals surface area (Å²) in [7, 11) is 0. The molecule has 1 rings (SSSR count). The summed E-state index contributed by atoms with van der Waals surface area (Å²) < 4.78 is 24.0. The van der Waals surface area contributed by atoms with Gasteiger partial charge in [-0.2, -0.15) is 8.78 Å². The fourth-order valence-electron chi connectivity index (χ4n) is 0.348. The van der Waals surface area contributed by atoms with Crippen LogP contribution in [0.5, 0.6) is 0 Å². The smallest absolute Gasteiger partial charge is 0.254 e. The van der Waals surface area contributed by atoms with Gasteiger partial charge in [0.25, 0.3) is 5.95 Å². The van der Waals surface area contributed by atoms with Gasteiger partial charge in [0.2, 0.25) is 5.82 Å². The molecule has 1 heterocycles. The van der Waals surface area contributed by atoms with Gasteiger partial charge >= 0.3 is 0 Å². The molecule has 0 amide bonds. The second-order valence-electron chi connectivity index (χ2n) is 1.33. The maximum absolute atomic E-state index is 12.0. The fraction of sp³-hybridized carbons (Fsp3) is 0. The molecule has 1 radical (unpaired) electrons. The van der Waals surface area contributed by atoms with Crippen molar-refractivity contribution in [3.63, 3.8) is 0 Å². The number of aromatic nitrogens is 2. The molecule has 0 spiro atoms. The van der Waals surface area contributed by atoms with E-state index in [1.807, 2.05) is 0 Å². The highest BCUT2D eigenvalue weighted by molar-refractivity contribution is 5.21. The van der Waals surface area contributed by atoms with Gasteiger partial charge in [-0.05, 0) is 0 Å². The second kappa shape index (κ2) is 1.93. The van der Waals surface area contributed by atoms with E-state index in [1.165, 1.54) is 0 Å². The van der Waals surface area contributed by atoms with Crippen molar-refractivity contribution in [1.82, 2.24) is 15.7 Å². The first-order valence-electron chi connectivity index (χ1n) is 2.09. The van der Waals surface area contributed by atoms with Crippen molar-refractivity contribution in [2.75, 3.05) is 0 Å². The van der Waals surface area contributed by atoms with Crippen molar-refractivity contribution in [3.05, 3.63) is 18.1 Å². The van der Waals surface area contributed by atoms with Gasteiger partial charge in [0.15, 0.2) is 5.82 Å². The summed E-state index contributed by atoms with van der Waals surface area (Å²) in [6, 6.07) is 0. The molecule has 0 aliphatic rings. The lowest BCUT2D eigenvalue weighted by molar-refractivity contribution is 0.474. The zero-order valence-electron chi connectivity index (χ0n) is 4.23. The summed E-state index contributed by atoms with van der Waals surface area (Å²) in [5.41, 5.74) is 6.59. The van der Waals surface area contributed by atoms with Crippen LogP contribution >= 0.6 is 0 Å². The molecule has 0 saturated heterocycles. The van der Waals surface area contributed by atoms with Crippen LogP contribution in [-0.2, 0) is 0 Å². The quantitative estimate of drug-likeness (QED) is 0.484. The second-order valence-corrected chi connectivity index (χ2v) is 1.33. The maximum atomic E-state index is 12.0. The van der Waals surface area contributed by atoms with Crippen molar-refractivity contribution in [2.24, 2.45) is 0 Å². The standard InChI is InChI=1S/C4H2F2N3/c5-2-3(6)8-1-9-4(2)7/h1,7H. The van der Waals surface area contributed by atoms with E-state index >= 15 is 0 Å². The van der Waals surface area contributed by atoms with Gasteiger partial charge in [0, 0.05) is 0 Å². The Kier molecular flexibility index (Phi) is 1.26. The van der Waals surface area contributed by atoms with Crippen LogP contribution in [0.2, 0.25) is 0 Å². The lowest BCUT2D eigenvalue weighted by Crippen LogP contribution is -1.92. The van der Waals surface area contributed by atoms with Gasteiger partial charge in [0.05, 0.1) is 0 Å². The number of halogens is 2. The molecule has 0 unspecified atom stereocenters. The average molecular weight is 130 g/mol. The molecule has 0 fully saturated rings. The van der Waals surface area contributed by atoms with Gasteiger partial charge in [-0.3, -0.25) is 5.73 Å². The minimum atomic E-state index is -1.31. The lowest BCUT2D eigenvalue weighted by atomic mass is 10.5. The van der Waals surface area contributed by atoms with E-state index < -0.39 is 17.6 Å². The molecule has 5 heteroatoms. The minimum absolute atomic E-state index is 0.720. The molecule has 1 aromatic rings. The molecule has 0 bridgehead atoms. The van der Waals surface area contributed by atoms with E-state index in [2.05, 4.69) is 9.97 Å². The maximum Gasteiger partial charge on any atom is 0.254 e. The first-order chi connectivity index (χ1) is 4.22. The third-order valence-electron chi connectivity index (χ3n) is 0.747. The van der Waals surface area contributed by atoms with Crippen LogP contribution in [0, 0.1) is 11.8 Å². The average Bonchev–Trinajstić information content (AvgIpc) is 1.83. The number of nitrogens with one attached hydrogen (secondary N) is 1. The molecule has 0 atom stereocenters. The topological polar surface area (TPSA) is 49.6 Å². The van der Waals surface area contributed by atoms with Gasteiger partial charge < -0.3 is 0 Å². The number of nitrogens with zero attached hydrogens (tertiary/aromatic N) is 2. The van der Waals surface area contributed by atoms with E-state index in [1.54, 1.807) is 0 Å². The Labute approximate surface area is 49.5 Å². The van der Waals surface area contributed by atoms with Crippen LogP contribution < -0.4 is 5.73 Å². The minimum Gasteiger partial charge on any atom is -0.280 e. The monoisotopic (exact) mass is 130 g/mol. The summed E-state index contributed by atoms with van der Waals surface area (Å²) in [5, 5.41) is 0. The third-order valence-corrected chi connectivity index (χ3v) is 0.747. The Bertz CT molecular complexity index is 205. The zero-order valence-corrected chi connectivity index (χ0v) is 4.23. The molecule has 0 saturated carbocycles. The first-order valence-corrected chi connectivity index (χ1v) is 2.09. The summed E-state index contributed by atoms with van der Waals surface area (Å²) >= 11 is 0. The zero-order chi connectivity index (χ0) is 6.85. The van der Waals surface area contributed by atoms with Crippen molar-refractivity contribution in [3.8, 4) is 0 Å². The van der Waals surface area contributed by atoms with Crippen molar-refractivity contribution < 1.29 is 8.78 Å². The molecule has 47 valence electrons. The summed E-state index contributed by atoms with van der Waals surface area (Å²) in [6.07, 6.45) is 0.792. The first kappa shape index (κ1) is 5.87. The predicted molar refractivity (Wildman–Crippen MR) is 24.7 cm³/mol. The molecule has 1 aromatic heterocycles. The van der Waals surface area contributed by atoms with Crippen LogP contribution in [0.25, 0.3) is 0 Å². The van der Waals surface area contributed by atoms with Crippen LogP contribution in [0.1, 0.15) is 0 Å². The van der Waals surface area contributed by atoms with Crippen molar-refractivity contribution in [2.45, 2.75) is 0 Å². The summed E-state index contributed by atoms with van der Waals surface area (Å²) in [4.78, 5) is 5.95. The van der Waals surface area contributed by atoms with Gasteiger partial charge in [-0.25, -0.2) is 9.97 Å². The van der Waals surface area contributed by atoms with E-state index in [4.69, 9.17) is 5.73 Å². The van der Waals surface area contributed by atoms with Crippen LogP contribution in [0.3, 0.4) is 0 Å². The number of hydrogen-bond acceptors (Lipinski definition) is 2. The lowest BCUT2D eigenvalue weighted by Gasteiger charge is -1.90. The fourth-order valence-corrected chi connectivity index (χ4v) is 0.348. The Balaban J connectivity index is 3.25. The van der Waals surface area contributed by atoms with Crippen LogP contribution in [-0.4, -0.2) is 9.97 Å². The van der Waals surface area contributed by atoms with Crippen LogP contribution in [0.4, 0.5) is 14.6 Å². The molecular formula is C4H2F2N3. The molecule has 0 aromatic carbocycles. The summed E-state index contributed by atoms with van der Waals surface area (Å²) in [6.45, 7) is 0. The normalized spacial score (nSPS) is 9.56. The van der Waals surface area contributed by atoms with Gasteiger partial charge in [-0.15, -0.1) is 0 Å².